The van der Waals surface area contributed by atoms with Crippen LogP contribution in [0, 0.1) is 11.7 Å². The van der Waals surface area contributed by atoms with Crippen LogP contribution in [0.2, 0.25) is 5.02 Å². The number of halogens is 2. The lowest BCUT2D eigenvalue weighted by molar-refractivity contribution is -0.172. The van der Waals surface area contributed by atoms with Crippen molar-refractivity contribution in [3.8, 4) is 0 Å². The fourth-order valence-electron chi connectivity index (χ4n) is 4.42. The van der Waals surface area contributed by atoms with Crippen LogP contribution >= 0.6 is 11.6 Å². The predicted octanol–water partition coefficient (Wildman–Crippen LogP) is 5.05. The highest BCUT2D eigenvalue weighted by atomic mass is 35.5. The lowest BCUT2D eigenvalue weighted by Gasteiger charge is -2.33. The van der Waals surface area contributed by atoms with E-state index in [0.717, 1.165) is 56.4 Å². The van der Waals surface area contributed by atoms with Gasteiger partial charge in [0, 0.05) is 28.5 Å². The minimum absolute atomic E-state index is 0.0782. The lowest BCUT2D eigenvalue weighted by atomic mass is 9.88. The largest absolute Gasteiger partial charge is 0.343 e. The maximum absolute atomic E-state index is 13.3. The standard InChI is InChI=1S/C24H27ClFNO3/c25-21-6-2-18(3-7-21)23(28)19-10-14-27(15-11-19)13-1-12-24(29-16-17-30-24)20-4-8-22(26)9-5-20/h2-9,19H,1,10-17H2. The molecule has 2 aromatic carbocycles. The molecule has 2 heterocycles. The molecule has 0 aromatic heterocycles. The molecule has 2 aromatic rings. The summed E-state index contributed by atoms with van der Waals surface area (Å²) in [5.41, 5.74) is 1.61. The summed E-state index contributed by atoms with van der Waals surface area (Å²) < 4.78 is 25.2. The van der Waals surface area contributed by atoms with Crippen molar-refractivity contribution in [2.75, 3.05) is 32.8 Å². The maximum Gasteiger partial charge on any atom is 0.195 e. The number of ketones is 1. The van der Waals surface area contributed by atoms with Crippen LogP contribution in [0.4, 0.5) is 4.39 Å². The molecule has 30 heavy (non-hydrogen) atoms. The average Bonchev–Trinajstić information content (AvgIpc) is 3.25. The Labute approximate surface area is 181 Å². The molecule has 160 valence electrons. The number of piperidine rings is 1. The summed E-state index contributed by atoms with van der Waals surface area (Å²) in [7, 11) is 0. The molecule has 0 unspecified atom stereocenters. The Kier molecular flexibility index (Phi) is 6.84. The van der Waals surface area contributed by atoms with Gasteiger partial charge in [-0.15, -0.1) is 0 Å². The van der Waals surface area contributed by atoms with Crippen molar-refractivity contribution in [3.63, 3.8) is 0 Å². The fourth-order valence-corrected chi connectivity index (χ4v) is 4.54. The van der Waals surface area contributed by atoms with Crippen LogP contribution in [-0.2, 0) is 15.3 Å². The second kappa shape index (κ2) is 9.56. The monoisotopic (exact) mass is 431 g/mol. The van der Waals surface area contributed by atoms with Crippen molar-refractivity contribution in [2.45, 2.75) is 31.5 Å². The van der Waals surface area contributed by atoms with Gasteiger partial charge in [-0.1, -0.05) is 23.7 Å². The molecule has 0 radical (unpaired) electrons. The molecule has 0 N–H and O–H groups in total. The van der Waals surface area contributed by atoms with E-state index in [-0.39, 0.29) is 17.5 Å². The molecular formula is C24H27ClFNO3. The summed E-state index contributed by atoms with van der Waals surface area (Å²) in [6.45, 7) is 3.85. The SMILES string of the molecule is O=C(c1ccc(Cl)cc1)C1CCN(CCCC2(c3ccc(F)cc3)OCCO2)CC1. The Morgan fingerprint density at radius 3 is 2.30 bits per heavy atom. The molecule has 2 fully saturated rings. The van der Waals surface area contributed by atoms with Crippen LogP contribution < -0.4 is 0 Å². The smallest absolute Gasteiger partial charge is 0.195 e. The number of hydrogen-bond acceptors (Lipinski definition) is 4. The van der Waals surface area contributed by atoms with Gasteiger partial charge in [-0.05, 0) is 75.3 Å². The fraction of sp³-hybridized carbons (Fsp3) is 0.458. The quantitative estimate of drug-likeness (QED) is 0.575. The zero-order chi connectivity index (χ0) is 21.0. The molecule has 0 spiro atoms. The molecule has 0 aliphatic carbocycles. The second-order valence-corrected chi connectivity index (χ2v) is 8.48. The zero-order valence-corrected chi connectivity index (χ0v) is 17.7. The average molecular weight is 432 g/mol. The van der Waals surface area contributed by atoms with Gasteiger partial charge in [0.05, 0.1) is 13.2 Å². The van der Waals surface area contributed by atoms with Crippen molar-refractivity contribution < 1.29 is 18.7 Å². The van der Waals surface area contributed by atoms with Gasteiger partial charge in [-0.2, -0.15) is 0 Å². The van der Waals surface area contributed by atoms with E-state index < -0.39 is 5.79 Å². The van der Waals surface area contributed by atoms with Crippen molar-refractivity contribution in [3.05, 3.63) is 70.5 Å². The van der Waals surface area contributed by atoms with E-state index in [0.29, 0.717) is 18.2 Å². The van der Waals surface area contributed by atoms with E-state index in [1.807, 2.05) is 12.1 Å². The maximum atomic E-state index is 13.3. The Hall–Kier alpha value is -1.79. The van der Waals surface area contributed by atoms with Gasteiger partial charge in [0.2, 0.25) is 0 Å². The first-order valence-corrected chi connectivity index (χ1v) is 11.0. The van der Waals surface area contributed by atoms with Crippen LogP contribution in [0.25, 0.3) is 0 Å². The number of ether oxygens (including phenoxy) is 2. The number of nitrogens with zero attached hydrogens (tertiary/aromatic N) is 1. The third-order valence-corrected chi connectivity index (χ3v) is 6.36. The molecule has 6 heteroatoms. The van der Waals surface area contributed by atoms with E-state index in [2.05, 4.69) is 4.90 Å². The molecule has 0 bridgehead atoms. The Balaban J connectivity index is 1.26. The highest BCUT2D eigenvalue weighted by molar-refractivity contribution is 6.30. The van der Waals surface area contributed by atoms with Crippen LogP contribution in [-0.4, -0.2) is 43.5 Å². The minimum atomic E-state index is -0.767. The topological polar surface area (TPSA) is 38.8 Å². The highest BCUT2D eigenvalue weighted by Crippen LogP contribution is 2.36. The van der Waals surface area contributed by atoms with E-state index >= 15 is 0 Å². The molecule has 0 saturated carbocycles. The minimum Gasteiger partial charge on any atom is -0.343 e. The first-order valence-electron chi connectivity index (χ1n) is 10.6. The third-order valence-electron chi connectivity index (χ3n) is 6.11. The molecule has 4 nitrogen and oxygen atoms in total. The normalized spacial score (nSPS) is 19.8. The number of rotatable bonds is 7. The van der Waals surface area contributed by atoms with E-state index in [1.54, 1.807) is 24.3 Å². The van der Waals surface area contributed by atoms with Crippen molar-refractivity contribution >= 4 is 17.4 Å². The number of likely N-dealkylation sites (tertiary alicyclic amines) is 1. The first kappa shape index (κ1) is 21.4. The van der Waals surface area contributed by atoms with Crippen molar-refractivity contribution in [1.82, 2.24) is 4.90 Å². The second-order valence-electron chi connectivity index (χ2n) is 8.05. The zero-order valence-electron chi connectivity index (χ0n) is 17.0. The van der Waals surface area contributed by atoms with Crippen LogP contribution in [0.3, 0.4) is 0 Å². The predicted molar refractivity (Wildman–Crippen MR) is 114 cm³/mol. The van der Waals surface area contributed by atoms with Gasteiger partial charge in [-0.3, -0.25) is 4.79 Å². The van der Waals surface area contributed by atoms with Crippen LogP contribution in [0.15, 0.2) is 48.5 Å². The van der Waals surface area contributed by atoms with Crippen molar-refractivity contribution in [1.29, 1.82) is 0 Å². The Morgan fingerprint density at radius 2 is 1.67 bits per heavy atom. The van der Waals surface area contributed by atoms with E-state index in [1.165, 1.54) is 12.1 Å². The van der Waals surface area contributed by atoms with Gasteiger partial charge in [0.15, 0.2) is 11.6 Å². The van der Waals surface area contributed by atoms with Crippen LogP contribution in [0.1, 0.15) is 41.6 Å². The molecule has 4 rings (SSSR count). The van der Waals surface area contributed by atoms with Crippen LogP contribution in [0.5, 0.6) is 0 Å². The lowest BCUT2D eigenvalue weighted by Crippen LogP contribution is -2.37. The molecule has 0 atom stereocenters. The summed E-state index contributed by atoms with van der Waals surface area (Å²) in [6, 6.07) is 13.6. The Morgan fingerprint density at radius 1 is 1.03 bits per heavy atom. The van der Waals surface area contributed by atoms with Gasteiger partial charge < -0.3 is 14.4 Å². The van der Waals surface area contributed by atoms with E-state index in [4.69, 9.17) is 21.1 Å². The summed E-state index contributed by atoms with van der Waals surface area (Å²) in [4.78, 5) is 15.1. The molecular weight excluding hydrogens is 405 g/mol. The molecule has 2 saturated heterocycles. The van der Waals surface area contributed by atoms with Crippen molar-refractivity contribution in [2.24, 2.45) is 5.92 Å². The molecule has 2 aliphatic rings. The van der Waals surface area contributed by atoms with E-state index in [9.17, 15) is 9.18 Å². The highest BCUT2D eigenvalue weighted by Gasteiger charge is 2.38. The number of hydrogen-bond donors (Lipinski definition) is 0. The number of carbonyl (C=O) groups excluding carboxylic acids is 1. The number of Topliss-reactive ketones (excluding diaryl/α,β-unsaturated/α-hetero) is 1. The summed E-state index contributed by atoms with van der Waals surface area (Å²) in [6.07, 6.45) is 3.38. The summed E-state index contributed by atoms with van der Waals surface area (Å²) in [5.74, 6) is -0.733. The number of benzene rings is 2. The third kappa shape index (κ3) is 4.92. The Bertz CT molecular complexity index is 842. The van der Waals surface area contributed by atoms with Gasteiger partial charge in [0.25, 0.3) is 0 Å². The molecule has 2 aliphatic heterocycles. The van der Waals surface area contributed by atoms with Gasteiger partial charge >= 0.3 is 0 Å². The summed E-state index contributed by atoms with van der Waals surface area (Å²) in [5, 5.41) is 0.648. The summed E-state index contributed by atoms with van der Waals surface area (Å²) >= 11 is 5.92. The first-order chi connectivity index (χ1) is 14.6. The number of carbonyl (C=O) groups is 1. The van der Waals surface area contributed by atoms with Gasteiger partial charge in [-0.25, -0.2) is 4.39 Å². The van der Waals surface area contributed by atoms with Gasteiger partial charge in [0.1, 0.15) is 5.82 Å². The molecule has 0 amide bonds.